The number of hydrogen-bond donors (Lipinski definition) is 2. The Morgan fingerprint density at radius 2 is 2.16 bits per heavy atom. The average molecular weight is 345 g/mol. The minimum absolute atomic E-state index is 0.0989. The number of likely N-dealkylation sites (tertiary alicyclic amines) is 1. The van der Waals surface area contributed by atoms with Crippen molar-refractivity contribution in [3.05, 3.63) is 35.6 Å². The van der Waals surface area contributed by atoms with E-state index in [2.05, 4.69) is 11.4 Å². The van der Waals surface area contributed by atoms with Gasteiger partial charge in [-0.25, -0.2) is 4.39 Å². The lowest BCUT2D eigenvalue weighted by Gasteiger charge is -2.33. The summed E-state index contributed by atoms with van der Waals surface area (Å²) in [6.45, 7) is 0.468. The molecule has 1 aliphatic heterocycles. The first-order valence-corrected chi connectivity index (χ1v) is 8.91. The summed E-state index contributed by atoms with van der Waals surface area (Å²) >= 11 is 0. The van der Waals surface area contributed by atoms with E-state index in [4.69, 9.17) is 0 Å². The molecular formula is C19H24FN3O2. The van der Waals surface area contributed by atoms with Crippen LogP contribution >= 0.6 is 0 Å². The third-order valence-electron chi connectivity index (χ3n) is 5.26. The Morgan fingerprint density at radius 1 is 1.40 bits per heavy atom. The molecule has 1 saturated carbocycles. The first kappa shape index (κ1) is 17.8. The fourth-order valence-electron chi connectivity index (χ4n) is 4.03. The predicted octanol–water partition coefficient (Wildman–Crippen LogP) is 2.28. The van der Waals surface area contributed by atoms with Gasteiger partial charge in [-0.2, -0.15) is 5.26 Å². The zero-order valence-electron chi connectivity index (χ0n) is 14.2. The average Bonchev–Trinajstić information content (AvgIpc) is 2.96. The van der Waals surface area contributed by atoms with E-state index in [1.54, 1.807) is 6.07 Å². The topological polar surface area (TPSA) is 76.4 Å². The molecule has 1 amide bonds. The van der Waals surface area contributed by atoms with Crippen molar-refractivity contribution in [2.75, 3.05) is 13.1 Å². The summed E-state index contributed by atoms with van der Waals surface area (Å²) in [5.74, 6) is -0.534. The number of rotatable bonds is 4. The van der Waals surface area contributed by atoms with Crippen LogP contribution in [0.2, 0.25) is 0 Å². The third kappa shape index (κ3) is 4.17. The number of halogens is 1. The Kier molecular flexibility index (Phi) is 5.36. The van der Waals surface area contributed by atoms with Gasteiger partial charge in [0.15, 0.2) is 0 Å². The van der Waals surface area contributed by atoms with Gasteiger partial charge in [-0.05, 0) is 37.0 Å². The second-order valence-corrected chi connectivity index (χ2v) is 7.19. The number of β-amino-alcohol motifs (C(OH)–C–C–N with tert-alkyl or cyclic N) is 1. The van der Waals surface area contributed by atoms with Crippen molar-refractivity contribution in [3.63, 3.8) is 0 Å². The maximum absolute atomic E-state index is 13.5. The smallest absolute Gasteiger partial charge is 0.235 e. The highest BCUT2D eigenvalue weighted by Gasteiger charge is 2.37. The van der Waals surface area contributed by atoms with Gasteiger partial charge in [-0.15, -0.1) is 0 Å². The molecule has 0 aromatic heterocycles. The van der Waals surface area contributed by atoms with Gasteiger partial charge in [0.05, 0.1) is 18.7 Å². The normalized spacial score (nSPS) is 26.1. The van der Waals surface area contributed by atoms with E-state index in [9.17, 15) is 19.6 Å². The van der Waals surface area contributed by atoms with E-state index in [1.165, 1.54) is 12.1 Å². The molecule has 0 spiro atoms. The Labute approximate surface area is 147 Å². The number of nitriles is 1. The minimum Gasteiger partial charge on any atom is -0.392 e. The van der Waals surface area contributed by atoms with E-state index >= 15 is 0 Å². The maximum atomic E-state index is 13.5. The number of nitrogens with zero attached hydrogens (tertiary/aromatic N) is 2. The van der Waals surface area contributed by atoms with E-state index in [-0.39, 0.29) is 24.3 Å². The fraction of sp³-hybridized carbons (Fsp3) is 0.579. The summed E-state index contributed by atoms with van der Waals surface area (Å²) in [5, 5.41) is 22.4. The molecule has 134 valence electrons. The zero-order valence-corrected chi connectivity index (χ0v) is 14.2. The second-order valence-electron chi connectivity index (χ2n) is 7.19. The predicted molar refractivity (Wildman–Crippen MR) is 90.9 cm³/mol. The fourth-order valence-corrected chi connectivity index (χ4v) is 4.03. The summed E-state index contributed by atoms with van der Waals surface area (Å²) in [6.07, 6.45) is 4.29. The van der Waals surface area contributed by atoms with E-state index in [0.29, 0.717) is 25.8 Å². The first-order valence-electron chi connectivity index (χ1n) is 8.91. The molecule has 1 aliphatic carbocycles. The van der Waals surface area contributed by atoms with Crippen LogP contribution in [0.25, 0.3) is 0 Å². The zero-order chi connectivity index (χ0) is 17.9. The molecule has 1 heterocycles. The molecule has 1 saturated heterocycles. The van der Waals surface area contributed by atoms with Gasteiger partial charge in [0, 0.05) is 12.6 Å². The quantitative estimate of drug-likeness (QED) is 0.878. The van der Waals surface area contributed by atoms with Crippen molar-refractivity contribution < 1.29 is 14.3 Å². The second kappa shape index (κ2) is 7.51. The number of aliphatic hydroxyl groups is 1. The largest absolute Gasteiger partial charge is 0.392 e. The highest BCUT2D eigenvalue weighted by Crippen LogP contribution is 2.32. The highest BCUT2D eigenvalue weighted by atomic mass is 19.1. The number of amides is 1. The van der Waals surface area contributed by atoms with Crippen LogP contribution in [0.4, 0.5) is 4.39 Å². The molecule has 0 unspecified atom stereocenters. The monoisotopic (exact) mass is 345 g/mol. The molecule has 25 heavy (non-hydrogen) atoms. The van der Waals surface area contributed by atoms with E-state index in [0.717, 1.165) is 24.8 Å². The highest BCUT2D eigenvalue weighted by molar-refractivity contribution is 5.79. The van der Waals surface area contributed by atoms with Crippen molar-refractivity contribution in [2.24, 2.45) is 0 Å². The molecular weight excluding hydrogens is 321 g/mol. The summed E-state index contributed by atoms with van der Waals surface area (Å²) < 4.78 is 13.5. The van der Waals surface area contributed by atoms with Crippen LogP contribution in [0.1, 0.15) is 50.1 Å². The molecule has 6 heteroatoms. The maximum Gasteiger partial charge on any atom is 0.235 e. The van der Waals surface area contributed by atoms with Crippen LogP contribution < -0.4 is 5.32 Å². The van der Waals surface area contributed by atoms with Gasteiger partial charge in [-0.3, -0.25) is 9.69 Å². The summed E-state index contributed by atoms with van der Waals surface area (Å²) in [4.78, 5) is 14.4. The Bertz CT molecular complexity index is 667. The molecule has 1 aromatic carbocycles. The Hall–Kier alpha value is -1.97. The number of nitrogens with one attached hydrogen (secondary N) is 1. The first-order chi connectivity index (χ1) is 12.0. The number of carbonyl (C=O) groups excluding carboxylic acids is 1. The van der Waals surface area contributed by atoms with E-state index < -0.39 is 11.6 Å². The molecule has 2 aliphatic rings. The molecule has 5 nitrogen and oxygen atoms in total. The van der Waals surface area contributed by atoms with Crippen LogP contribution in [0, 0.1) is 17.1 Å². The van der Waals surface area contributed by atoms with Crippen molar-refractivity contribution in [1.82, 2.24) is 10.2 Å². The molecule has 2 N–H and O–H groups in total. The molecule has 3 rings (SSSR count). The van der Waals surface area contributed by atoms with Gasteiger partial charge in [0.1, 0.15) is 11.4 Å². The molecule has 0 bridgehead atoms. The van der Waals surface area contributed by atoms with Crippen LogP contribution in [-0.4, -0.2) is 40.6 Å². The minimum atomic E-state index is -0.762. The van der Waals surface area contributed by atoms with Crippen molar-refractivity contribution in [3.8, 4) is 6.07 Å². The van der Waals surface area contributed by atoms with Gasteiger partial charge in [0.2, 0.25) is 5.91 Å². The summed E-state index contributed by atoms with van der Waals surface area (Å²) in [5.41, 5.74) is -0.000757. The molecule has 2 fully saturated rings. The SMILES string of the molecule is N#CC1(NC(=O)CN2C[C@@H](O)C[C@@H]2c2cccc(F)c2)CCCCC1. The van der Waals surface area contributed by atoms with Gasteiger partial charge < -0.3 is 10.4 Å². The van der Waals surface area contributed by atoms with E-state index in [1.807, 2.05) is 11.0 Å². The summed E-state index contributed by atoms with van der Waals surface area (Å²) in [6, 6.07) is 8.37. The molecule has 2 atom stereocenters. The van der Waals surface area contributed by atoms with Gasteiger partial charge in [0.25, 0.3) is 0 Å². The third-order valence-corrected chi connectivity index (χ3v) is 5.26. The Morgan fingerprint density at radius 3 is 2.84 bits per heavy atom. The van der Waals surface area contributed by atoms with Crippen molar-refractivity contribution in [2.45, 2.75) is 56.2 Å². The van der Waals surface area contributed by atoms with Crippen LogP contribution in [0.3, 0.4) is 0 Å². The number of hydrogen-bond acceptors (Lipinski definition) is 4. The molecule has 1 aromatic rings. The number of benzene rings is 1. The van der Waals surface area contributed by atoms with Crippen molar-refractivity contribution in [1.29, 1.82) is 5.26 Å². The number of aliphatic hydroxyl groups excluding tert-OH is 1. The van der Waals surface area contributed by atoms with Gasteiger partial charge in [-0.1, -0.05) is 31.4 Å². The lowest BCUT2D eigenvalue weighted by molar-refractivity contribution is -0.124. The summed E-state index contributed by atoms with van der Waals surface area (Å²) in [7, 11) is 0. The molecule has 0 radical (unpaired) electrons. The van der Waals surface area contributed by atoms with Crippen LogP contribution in [0.15, 0.2) is 24.3 Å². The lowest BCUT2D eigenvalue weighted by atomic mass is 9.83. The van der Waals surface area contributed by atoms with Gasteiger partial charge >= 0.3 is 0 Å². The van der Waals surface area contributed by atoms with Crippen molar-refractivity contribution >= 4 is 5.91 Å². The van der Waals surface area contributed by atoms with Crippen LogP contribution in [0.5, 0.6) is 0 Å². The number of carbonyl (C=O) groups is 1. The van der Waals surface area contributed by atoms with Crippen LogP contribution in [-0.2, 0) is 4.79 Å². The standard InChI is InChI=1S/C19H24FN3O2/c20-15-6-4-5-14(9-15)17-10-16(24)11-23(17)12-18(25)22-19(13-21)7-2-1-3-8-19/h4-6,9,16-17,24H,1-3,7-8,10-12H2,(H,22,25)/t16-,17+/m0/s1. The Balaban J connectivity index is 1.68. The lowest BCUT2D eigenvalue weighted by Crippen LogP contribution is -2.51.